The third kappa shape index (κ3) is 2.73. The summed E-state index contributed by atoms with van der Waals surface area (Å²) in [6.45, 7) is 0. The smallest absolute Gasteiger partial charge is 0.0632 e. The Morgan fingerprint density at radius 2 is 1.79 bits per heavy atom. The summed E-state index contributed by atoms with van der Waals surface area (Å²) in [7, 11) is 0. The van der Waals surface area contributed by atoms with Gasteiger partial charge in [0.25, 0.3) is 0 Å². The van der Waals surface area contributed by atoms with Crippen molar-refractivity contribution >= 4 is 50.5 Å². The van der Waals surface area contributed by atoms with E-state index < -0.39 is 0 Å². The Morgan fingerprint density at radius 1 is 1.05 bits per heavy atom. The molecule has 0 saturated heterocycles. The quantitative estimate of drug-likeness (QED) is 0.516. The molecule has 1 nitrogen and oxygen atoms in total. The Morgan fingerprint density at radius 3 is 2.53 bits per heavy atom. The van der Waals surface area contributed by atoms with Crippen LogP contribution in [0, 0.1) is 0 Å². The fraction of sp³-hybridized carbons (Fsp3) is 0.0667. The molecule has 0 aliphatic heterocycles. The van der Waals surface area contributed by atoms with Gasteiger partial charge in [-0.2, -0.15) is 0 Å². The fourth-order valence-electron chi connectivity index (χ4n) is 1.87. The van der Waals surface area contributed by atoms with E-state index in [4.69, 9.17) is 17.3 Å². The fourth-order valence-corrected chi connectivity index (χ4v) is 4.43. The maximum Gasteiger partial charge on any atom is 0.0632 e. The summed E-state index contributed by atoms with van der Waals surface area (Å²) in [5, 5.41) is 2.05. The Balaban J connectivity index is 1.82. The number of halogens is 1. The molecule has 0 fully saturated rings. The van der Waals surface area contributed by atoms with Crippen molar-refractivity contribution in [2.75, 3.05) is 5.73 Å². The SMILES string of the molecule is Nc1ccc(SCc2sc3ccccc3c2Cl)cc1. The Kier molecular flexibility index (Phi) is 3.69. The minimum Gasteiger partial charge on any atom is -0.399 e. The summed E-state index contributed by atoms with van der Waals surface area (Å²) < 4.78 is 1.25. The molecule has 4 heteroatoms. The van der Waals surface area contributed by atoms with Gasteiger partial charge in [-0.1, -0.05) is 29.8 Å². The predicted molar refractivity (Wildman–Crippen MR) is 87.3 cm³/mol. The minimum atomic E-state index is 0.796. The summed E-state index contributed by atoms with van der Waals surface area (Å²) in [4.78, 5) is 2.44. The van der Waals surface area contributed by atoms with E-state index in [1.807, 2.05) is 36.4 Å². The first-order valence-corrected chi connectivity index (χ1v) is 8.06. The zero-order valence-electron chi connectivity index (χ0n) is 10.1. The highest BCUT2D eigenvalue weighted by Crippen LogP contribution is 2.38. The van der Waals surface area contributed by atoms with E-state index in [2.05, 4.69) is 12.1 Å². The Labute approximate surface area is 125 Å². The molecule has 3 rings (SSSR count). The summed E-state index contributed by atoms with van der Waals surface area (Å²) in [6.07, 6.45) is 0. The van der Waals surface area contributed by atoms with E-state index in [0.717, 1.165) is 21.8 Å². The second-order valence-electron chi connectivity index (χ2n) is 4.19. The van der Waals surface area contributed by atoms with Crippen molar-refractivity contribution in [1.82, 2.24) is 0 Å². The van der Waals surface area contributed by atoms with Crippen molar-refractivity contribution < 1.29 is 0 Å². The van der Waals surface area contributed by atoms with Crippen LogP contribution in [0.2, 0.25) is 5.02 Å². The van der Waals surface area contributed by atoms with Crippen LogP contribution in [0.4, 0.5) is 5.69 Å². The van der Waals surface area contributed by atoms with Gasteiger partial charge in [-0.3, -0.25) is 0 Å². The first-order valence-electron chi connectivity index (χ1n) is 5.88. The number of rotatable bonds is 3. The molecule has 0 atom stereocenters. The molecule has 0 saturated carbocycles. The van der Waals surface area contributed by atoms with Gasteiger partial charge < -0.3 is 5.73 Å². The number of thioether (sulfide) groups is 1. The zero-order valence-corrected chi connectivity index (χ0v) is 12.5. The largest absolute Gasteiger partial charge is 0.399 e. The van der Waals surface area contributed by atoms with Gasteiger partial charge >= 0.3 is 0 Å². The summed E-state index contributed by atoms with van der Waals surface area (Å²) >= 11 is 9.98. The lowest BCUT2D eigenvalue weighted by Gasteiger charge is -2.01. The average molecular weight is 306 g/mol. The predicted octanol–water partition coefficient (Wildman–Crippen LogP) is 5.43. The molecular weight excluding hydrogens is 294 g/mol. The lowest BCUT2D eigenvalue weighted by Crippen LogP contribution is -1.83. The van der Waals surface area contributed by atoms with Crippen molar-refractivity contribution in [3.05, 3.63) is 58.4 Å². The molecule has 0 amide bonds. The van der Waals surface area contributed by atoms with Crippen LogP contribution >= 0.6 is 34.7 Å². The molecule has 96 valence electrons. The van der Waals surface area contributed by atoms with Gasteiger partial charge in [0.05, 0.1) is 5.02 Å². The standard InChI is InChI=1S/C15H12ClNS2/c16-15-12-3-1-2-4-13(12)19-14(15)9-18-11-7-5-10(17)6-8-11/h1-8H,9,17H2. The van der Waals surface area contributed by atoms with Crippen LogP contribution in [-0.2, 0) is 5.75 Å². The van der Waals surface area contributed by atoms with Crippen molar-refractivity contribution in [2.24, 2.45) is 0 Å². The lowest BCUT2D eigenvalue weighted by molar-refractivity contribution is 1.43. The van der Waals surface area contributed by atoms with Gasteiger partial charge in [-0.05, 0) is 30.3 Å². The topological polar surface area (TPSA) is 26.0 Å². The van der Waals surface area contributed by atoms with E-state index in [9.17, 15) is 0 Å². The highest BCUT2D eigenvalue weighted by Gasteiger charge is 2.09. The van der Waals surface area contributed by atoms with Crippen LogP contribution in [0.15, 0.2) is 53.4 Å². The number of nitrogens with two attached hydrogens (primary N) is 1. The van der Waals surface area contributed by atoms with E-state index in [0.29, 0.717) is 0 Å². The molecule has 0 spiro atoms. The Bertz CT molecular complexity index is 704. The number of anilines is 1. The van der Waals surface area contributed by atoms with Crippen LogP contribution in [0.5, 0.6) is 0 Å². The van der Waals surface area contributed by atoms with Crippen molar-refractivity contribution in [3.63, 3.8) is 0 Å². The summed E-state index contributed by atoms with van der Waals surface area (Å²) in [5.74, 6) is 0.891. The molecule has 3 aromatic rings. The third-order valence-corrected chi connectivity index (χ3v) is 5.79. The highest BCUT2D eigenvalue weighted by atomic mass is 35.5. The molecule has 0 aliphatic carbocycles. The molecule has 19 heavy (non-hydrogen) atoms. The number of hydrogen-bond donors (Lipinski definition) is 1. The van der Waals surface area contributed by atoms with Crippen LogP contribution < -0.4 is 5.73 Å². The van der Waals surface area contributed by atoms with E-state index in [-0.39, 0.29) is 0 Å². The van der Waals surface area contributed by atoms with Gasteiger partial charge in [0.1, 0.15) is 0 Å². The molecule has 2 N–H and O–H groups in total. The molecule has 0 radical (unpaired) electrons. The van der Waals surface area contributed by atoms with Crippen LogP contribution in [0.3, 0.4) is 0 Å². The number of nitrogen functional groups attached to an aromatic ring is 1. The third-order valence-electron chi connectivity index (χ3n) is 2.85. The first-order chi connectivity index (χ1) is 9.24. The molecule has 1 heterocycles. The van der Waals surface area contributed by atoms with Gasteiger partial charge in [-0.25, -0.2) is 0 Å². The number of fused-ring (bicyclic) bond motifs is 1. The first kappa shape index (κ1) is 12.9. The van der Waals surface area contributed by atoms with Crippen molar-refractivity contribution in [2.45, 2.75) is 10.6 Å². The highest BCUT2D eigenvalue weighted by molar-refractivity contribution is 7.98. The molecular formula is C15H12ClNS2. The van der Waals surface area contributed by atoms with Crippen LogP contribution in [-0.4, -0.2) is 0 Å². The zero-order chi connectivity index (χ0) is 13.2. The number of benzene rings is 2. The van der Waals surface area contributed by atoms with Crippen LogP contribution in [0.1, 0.15) is 4.88 Å². The molecule has 2 aromatic carbocycles. The molecule has 0 bridgehead atoms. The lowest BCUT2D eigenvalue weighted by atomic mass is 10.2. The van der Waals surface area contributed by atoms with Gasteiger partial charge in [0.15, 0.2) is 0 Å². The normalized spacial score (nSPS) is 11.0. The molecule has 0 unspecified atom stereocenters. The summed E-state index contributed by atoms with van der Waals surface area (Å²) in [5.41, 5.74) is 6.48. The van der Waals surface area contributed by atoms with E-state index in [1.165, 1.54) is 14.5 Å². The molecule has 0 aliphatic rings. The number of hydrogen-bond acceptors (Lipinski definition) is 3. The van der Waals surface area contributed by atoms with E-state index >= 15 is 0 Å². The average Bonchev–Trinajstić information content (AvgIpc) is 2.76. The van der Waals surface area contributed by atoms with Gasteiger partial charge in [0.2, 0.25) is 0 Å². The van der Waals surface area contributed by atoms with E-state index in [1.54, 1.807) is 23.1 Å². The van der Waals surface area contributed by atoms with Crippen molar-refractivity contribution in [1.29, 1.82) is 0 Å². The van der Waals surface area contributed by atoms with Crippen molar-refractivity contribution in [3.8, 4) is 0 Å². The Hall–Kier alpha value is -1.16. The second kappa shape index (κ2) is 5.45. The van der Waals surface area contributed by atoms with Gasteiger partial charge in [-0.15, -0.1) is 23.1 Å². The monoisotopic (exact) mass is 305 g/mol. The maximum absolute atomic E-state index is 6.43. The molecule has 1 aromatic heterocycles. The second-order valence-corrected chi connectivity index (χ2v) is 6.76. The van der Waals surface area contributed by atoms with Gasteiger partial charge in [0, 0.05) is 31.3 Å². The van der Waals surface area contributed by atoms with Crippen LogP contribution in [0.25, 0.3) is 10.1 Å². The minimum absolute atomic E-state index is 0.796. The summed E-state index contributed by atoms with van der Waals surface area (Å²) in [6, 6.07) is 16.2. The maximum atomic E-state index is 6.43. The number of thiophene rings is 1.